The summed E-state index contributed by atoms with van der Waals surface area (Å²) in [5.41, 5.74) is 1.15. The Morgan fingerprint density at radius 3 is 1.87 bits per heavy atom. The molecule has 30 heavy (non-hydrogen) atoms. The lowest BCUT2D eigenvalue weighted by Crippen LogP contribution is -2.00. The van der Waals surface area contributed by atoms with Crippen LogP contribution in [0.5, 0.6) is 11.5 Å². The molecule has 0 bridgehead atoms. The molecule has 2 N–H and O–H groups in total. The zero-order valence-corrected chi connectivity index (χ0v) is 19.2. The van der Waals surface area contributed by atoms with Crippen LogP contribution in [-0.2, 0) is 0 Å². The molecule has 0 aliphatic rings. The largest absolute Gasteiger partial charge is 0.507 e. The molecule has 0 aliphatic carbocycles. The van der Waals surface area contributed by atoms with E-state index >= 15 is 0 Å². The monoisotopic (exact) mass is 416 g/mol. The average Bonchev–Trinajstić information content (AvgIpc) is 3.03. The molecule has 0 aliphatic heterocycles. The summed E-state index contributed by atoms with van der Waals surface area (Å²) < 4.78 is 5.56. The fourth-order valence-corrected chi connectivity index (χ4v) is 4.15. The zero-order valence-electron chi connectivity index (χ0n) is 19.2. The molecule has 0 amide bonds. The van der Waals surface area contributed by atoms with Crippen molar-refractivity contribution in [2.45, 2.75) is 111 Å². The fourth-order valence-electron chi connectivity index (χ4n) is 4.15. The predicted octanol–water partition coefficient (Wildman–Crippen LogP) is 8.12. The van der Waals surface area contributed by atoms with Gasteiger partial charge in [0.05, 0.1) is 10.9 Å². The molecule has 1 aromatic heterocycles. The molecule has 0 fully saturated rings. The third-order valence-electron chi connectivity index (χ3n) is 6.20. The first-order valence-corrected chi connectivity index (χ1v) is 11.9. The van der Waals surface area contributed by atoms with Crippen LogP contribution in [-0.4, -0.2) is 16.0 Å². The number of fused-ring (bicyclic) bond motifs is 1. The van der Waals surface area contributed by atoms with E-state index in [4.69, 9.17) is 4.42 Å². The van der Waals surface area contributed by atoms with E-state index in [0.29, 0.717) is 17.6 Å². The van der Waals surface area contributed by atoms with Gasteiger partial charge in [0.25, 0.3) is 0 Å². The van der Waals surface area contributed by atoms with Crippen molar-refractivity contribution in [3.63, 3.8) is 0 Å². The maximum Gasteiger partial charge on any atom is 0.180 e. The maximum absolute atomic E-state index is 12.5. The van der Waals surface area contributed by atoms with Crippen molar-refractivity contribution in [2.24, 2.45) is 0 Å². The Labute approximate surface area is 181 Å². The van der Waals surface area contributed by atoms with Crippen LogP contribution in [0.2, 0.25) is 0 Å². The molecule has 1 aromatic carbocycles. The van der Waals surface area contributed by atoms with Gasteiger partial charge in [-0.1, -0.05) is 84.0 Å². The number of benzene rings is 1. The van der Waals surface area contributed by atoms with Crippen molar-refractivity contribution in [3.8, 4) is 11.5 Å². The Bertz CT molecular complexity index is 803. The number of Topliss-reactive ketones (excluding diaryl/α,β-unsaturated/α-hetero) is 1. The molecule has 4 nitrogen and oxygen atoms in total. The lowest BCUT2D eigenvalue weighted by Gasteiger charge is -2.07. The molecule has 4 heteroatoms. The summed E-state index contributed by atoms with van der Waals surface area (Å²) in [6.07, 6.45) is 16.8. The second kappa shape index (κ2) is 12.7. The molecular weight excluding hydrogens is 376 g/mol. The van der Waals surface area contributed by atoms with Crippen LogP contribution in [0.25, 0.3) is 11.0 Å². The van der Waals surface area contributed by atoms with Crippen LogP contribution in [0.1, 0.15) is 118 Å². The molecule has 2 rings (SSSR count). The number of carbonyl (C=O) groups is 1. The van der Waals surface area contributed by atoms with Crippen molar-refractivity contribution in [2.75, 3.05) is 0 Å². The summed E-state index contributed by atoms with van der Waals surface area (Å²) in [7, 11) is 0. The standard InChI is InChI=1S/C26H40O4/c1-4-5-6-7-8-9-10-11-12-13-14-15-16-17-22(27)21-18-23(28)24-19(2)20(3)30-26(24)25(21)29/h18,28-29H,4-17H2,1-3H3. The van der Waals surface area contributed by atoms with E-state index in [1.807, 2.05) is 6.92 Å². The number of rotatable bonds is 15. The third-order valence-corrected chi connectivity index (χ3v) is 6.20. The predicted molar refractivity (Wildman–Crippen MR) is 124 cm³/mol. The van der Waals surface area contributed by atoms with Gasteiger partial charge in [0, 0.05) is 12.0 Å². The summed E-state index contributed by atoms with van der Waals surface area (Å²) in [6, 6.07) is 1.38. The molecular formula is C26H40O4. The quantitative estimate of drug-likeness (QED) is 0.175. The SMILES string of the molecule is CCCCCCCCCCCCCCCC(=O)c1cc(O)c2c(C)c(C)oc2c1O. The molecule has 0 radical (unpaired) electrons. The number of unbranched alkanes of at least 4 members (excludes halogenated alkanes) is 12. The number of aryl methyl sites for hydroxylation is 2. The Kier molecular flexibility index (Phi) is 10.3. The van der Waals surface area contributed by atoms with Gasteiger partial charge in [0.1, 0.15) is 11.5 Å². The van der Waals surface area contributed by atoms with Crippen LogP contribution in [0, 0.1) is 13.8 Å². The number of phenols is 2. The van der Waals surface area contributed by atoms with E-state index in [2.05, 4.69) is 6.92 Å². The molecule has 0 saturated heterocycles. The Morgan fingerprint density at radius 1 is 0.833 bits per heavy atom. The lowest BCUT2D eigenvalue weighted by atomic mass is 9.99. The number of furan rings is 1. The van der Waals surface area contributed by atoms with Gasteiger partial charge in [-0.05, 0) is 26.3 Å². The van der Waals surface area contributed by atoms with Crippen LogP contribution < -0.4 is 0 Å². The highest BCUT2D eigenvalue weighted by atomic mass is 16.4. The fraction of sp³-hybridized carbons (Fsp3) is 0.654. The summed E-state index contributed by atoms with van der Waals surface area (Å²) in [5, 5.41) is 21.2. The van der Waals surface area contributed by atoms with Gasteiger partial charge in [-0.15, -0.1) is 0 Å². The second-order valence-electron chi connectivity index (χ2n) is 8.70. The number of aromatic hydroxyl groups is 2. The molecule has 0 spiro atoms. The minimum absolute atomic E-state index is 0.00846. The number of ketones is 1. The number of carbonyl (C=O) groups excluding carboxylic acids is 1. The van der Waals surface area contributed by atoms with Crippen LogP contribution in [0.15, 0.2) is 10.5 Å². The highest BCUT2D eigenvalue weighted by Gasteiger charge is 2.21. The maximum atomic E-state index is 12.5. The highest BCUT2D eigenvalue weighted by Crippen LogP contribution is 2.40. The average molecular weight is 417 g/mol. The van der Waals surface area contributed by atoms with Crippen LogP contribution in [0.4, 0.5) is 0 Å². The first-order chi connectivity index (χ1) is 14.5. The van der Waals surface area contributed by atoms with Crippen molar-refractivity contribution in [3.05, 3.63) is 23.0 Å². The van der Waals surface area contributed by atoms with Gasteiger partial charge >= 0.3 is 0 Å². The number of phenolic OH excluding ortho intramolecular Hbond substituents is 2. The van der Waals surface area contributed by atoms with Crippen LogP contribution in [0.3, 0.4) is 0 Å². The summed E-state index contributed by atoms with van der Waals surface area (Å²) in [4.78, 5) is 12.5. The third kappa shape index (κ3) is 6.78. The topological polar surface area (TPSA) is 70.7 Å². The Hall–Kier alpha value is -1.97. The number of hydrogen-bond acceptors (Lipinski definition) is 4. The first-order valence-electron chi connectivity index (χ1n) is 11.9. The highest BCUT2D eigenvalue weighted by molar-refractivity contribution is 6.06. The molecule has 0 unspecified atom stereocenters. The molecule has 0 atom stereocenters. The van der Waals surface area contributed by atoms with E-state index < -0.39 is 0 Å². The Morgan fingerprint density at radius 2 is 1.33 bits per heavy atom. The van der Waals surface area contributed by atoms with Crippen molar-refractivity contribution in [1.82, 2.24) is 0 Å². The van der Waals surface area contributed by atoms with Gasteiger partial charge < -0.3 is 14.6 Å². The lowest BCUT2D eigenvalue weighted by molar-refractivity contribution is 0.0976. The molecule has 2 aromatic rings. The van der Waals surface area contributed by atoms with E-state index in [1.54, 1.807) is 6.92 Å². The Balaban J connectivity index is 1.63. The van der Waals surface area contributed by atoms with E-state index in [1.165, 1.54) is 70.3 Å². The smallest absolute Gasteiger partial charge is 0.180 e. The van der Waals surface area contributed by atoms with E-state index in [9.17, 15) is 15.0 Å². The van der Waals surface area contributed by atoms with Gasteiger partial charge in [0.2, 0.25) is 0 Å². The number of hydrogen-bond donors (Lipinski definition) is 2. The minimum Gasteiger partial charge on any atom is -0.507 e. The van der Waals surface area contributed by atoms with Crippen molar-refractivity contribution >= 4 is 16.8 Å². The normalized spacial score (nSPS) is 11.4. The van der Waals surface area contributed by atoms with Crippen molar-refractivity contribution in [1.29, 1.82) is 0 Å². The van der Waals surface area contributed by atoms with Gasteiger partial charge in [-0.3, -0.25) is 4.79 Å². The molecule has 0 saturated carbocycles. The minimum atomic E-state index is -0.154. The van der Waals surface area contributed by atoms with Gasteiger partial charge in [0.15, 0.2) is 17.1 Å². The summed E-state index contributed by atoms with van der Waals surface area (Å²) >= 11 is 0. The van der Waals surface area contributed by atoms with Crippen LogP contribution >= 0.6 is 0 Å². The summed E-state index contributed by atoms with van der Waals surface area (Å²) in [6.45, 7) is 5.87. The van der Waals surface area contributed by atoms with Crippen molar-refractivity contribution < 1.29 is 19.4 Å². The van der Waals surface area contributed by atoms with E-state index in [-0.39, 0.29) is 28.4 Å². The van der Waals surface area contributed by atoms with Gasteiger partial charge in [-0.25, -0.2) is 0 Å². The molecule has 168 valence electrons. The summed E-state index contributed by atoms with van der Waals surface area (Å²) in [5.74, 6) is 0.334. The zero-order chi connectivity index (χ0) is 21.9. The van der Waals surface area contributed by atoms with Gasteiger partial charge in [-0.2, -0.15) is 0 Å². The van der Waals surface area contributed by atoms with E-state index in [0.717, 1.165) is 24.8 Å². The first kappa shape index (κ1) is 24.3. The second-order valence-corrected chi connectivity index (χ2v) is 8.70. The molecule has 1 heterocycles.